The minimum atomic E-state index is -3.28. The third kappa shape index (κ3) is 4.83. The molecule has 2 N–H and O–H groups in total. The average molecular weight is 346 g/mol. The maximum atomic E-state index is 11.9. The third-order valence-electron chi connectivity index (χ3n) is 3.52. The van der Waals surface area contributed by atoms with Crippen molar-refractivity contribution in [3.05, 3.63) is 59.7 Å². The van der Waals surface area contributed by atoms with Gasteiger partial charge in [0.15, 0.2) is 9.84 Å². The van der Waals surface area contributed by atoms with E-state index in [4.69, 9.17) is 0 Å². The molecule has 0 radical (unpaired) electrons. The number of hydrogen-bond acceptors (Lipinski definition) is 4. The van der Waals surface area contributed by atoms with Crippen molar-refractivity contribution in [3.8, 4) is 0 Å². The molecule has 0 aliphatic heterocycles. The molecule has 24 heavy (non-hydrogen) atoms. The van der Waals surface area contributed by atoms with E-state index >= 15 is 0 Å². The van der Waals surface area contributed by atoms with Gasteiger partial charge in [-0.1, -0.05) is 31.2 Å². The molecule has 6 heteroatoms. The first kappa shape index (κ1) is 18.0. The standard InChI is InChI=1S/C18H22N2O3S/c1-3-12-19-18(21)15-10-8-14(9-11-15)13-20-16-6-4-5-7-17(16)24(2,22)23/h4-11,20H,3,12-13H2,1-2H3,(H,19,21). The first-order chi connectivity index (χ1) is 11.4. The van der Waals surface area contributed by atoms with Gasteiger partial charge >= 0.3 is 0 Å². The van der Waals surface area contributed by atoms with E-state index < -0.39 is 9.84 Å². The van der Waals surface area contributed by atoms with Crippen LogP contribution in [0.4, 0.5) is 5.69 Å². The van der Waals surface area contributed by atoms with Gasteiger partial charge in [-0.25, -0.2) is 8.42 Å². The van der Waals surface area contributed by atoms with Crippen LogP contribution in [0.3, 0.4) is 0 Å². The van der Waals surface area contributed by atoms with E-state index in [0.29, 0.717) is 24.3 Å². The van der Waals surface area contributed by atoms with E-state index in [-0.39, 0.29) is 10.8 Å². The zero-order valence-corrected chi connectivity index (χ0v) is 14.7. The first-order valence-electron chi connectivity index (χ1n) is 7.82. The predicted molar refractivity (Wildman–Crippen MR) is 95.9 cm³/mol. The molecule has 0 unspecified atom stereocenters. The Bertz CT molecular complexity index is 799. The topological polar surface area (TPSA) is 75.3 Å². The summed E-state index contributed by atoms with van der Waals surface area (Å²) in [6.45, 7) is 3.14. The molecular weight excluding hydrogens is 324 g/mol. The fourth-order valence-electron chi connectivity index (χ4n) is 2.25. The highest BCUT2D eigenvalue weighted by Crippen LogP contribution is 2.21. The lowest BCUT2D eigenvalue weighted by Gasteiger charge is -2.11. The molecule has 2 aromatic rings. The summed E-state index contributed by atoms with van der Waals surface area (Å²) in [7, 11) is -3.28. The second-order valence-electron chi connectivity index (χ2n) is 5.57. The summed E-state index contributed by atoms with van der Waals surface area (Å²) in [5.41, 5.74) is 2.15. The number of para-hydroxylation sites is 1. The van der Waals surface area contributed by atoms with Gasteiger partial charge in [0.25, 0.3) is 5.91 Å². The van der Waals surface area contributed by atoms with Crippen molar-refractivity contribution in [1.29, 1.82) is 0 Å². The Morgan fingerprint density at radius 1 is 1.04 bits per heavy atom. The molecule has 0 saturated heterocycles. The number of carbonyl (C=O) groups is 1. The van der Waals surface area contributed by atoms with Crippen molar-refractivity contribution in [1.82, 2.24) is 5.32 Å². The largest absolute Gasteiger partial charge is 0.380 e. The molecule has 0 aliphatic carbocycles. The normalized spacial score (nSPS) is 11.1. The van der Waals surface area contributed by atoms with Crippen LogP contribution in [0.1, 0.15) is 29.3 Å². The summed E-state index contributed by atoms with van der Waals surface area (Å²) >= 11 is 0. The van der Waals surface area contributed by atoms with Gasteiger partial charge in [0.05, 0.1) is 10.6 Å². The maximum Gasteiger partial charge on any atom is 0.251 e. The number of hydrogen-bond donors (Lipinski definition) is 2. The molecule has 0 aromatic heterocycles. The molecule has 0 saturated carbocycles. The highest BCUT2D eigenvalue weighted by Gasteiger charge is 2.12. The lowest BCUT2D eigenvalue weighted by Crippen LogP contribution is -2.23. The Morgan fingerprint density at radius 2 is 1.71 bits per heavy atom. The maximum absolute atomic E-state index is 11.9. The van der Waals surface area contributed by atoms with Gasteiger partial charge in [-0.3, -0.25) is 4.79 Å². The minimum absolute atomic E-state index is 0.0845. The number of nitrogens with one attached hydrogen (secondary N) is 2. The number of sulfone groups is 1. The fourth-order valence-corrected chi connectivity index (χ4v) is 3.11. The van der Waals surface area contributed by atoms with Gasteiger partial charge in [0.2, 0.25) is 0 Å². The molecule has 0 heterocycles. The minimum Gasteiger partial charge on any atom is -0.380 e. The molecule has 2 rings (SSSR count). The molecule has 0 atom stereocenters. The molecule has 1 amide bonds. The number of amides is 1. The van der Waals surface area contributed by atoms with Crippen LogP contribution in [-0.2, 0) is 16.4 Å². The van der Waals surface area contributed by atoms with Gasteiger partial charge in [-0.15, -0.1) is 0 Å². The summed E-state index contributed by atoms with van der Waals surface area (Å²) < 4.78 is 23.6. The van der Waals surface area contributed by atoms with Crippen molar-refractivity contribution >= 4 is 21.4 Å². The lowest BCUT2D eigenvalue weighted by atomic mass is 10.1. The van der Waals surface area contributed by atoms with Crippen LogP contribution in [0.5, 0.6) is 0 Å². The van der Waals surface area contributed by atoms with Crippen molar-refractivity contribution in [2.45, 2.75) is 24.8 Å². The van der Waals surface area contributed by atoms with Crippen molar-refractivity contribution < 1.29 is 13.2 Å². The van der Waals surface area contributed by atoms with E-state index in [2.05, 4.69) is 10.6 Å². The van der Waals surface area contributed by atoms with Gasteiger partial charge < -0.3 is 10.6 Å². The molecule has 0 bridgehead atoms. The highest BCUT2D eigenvalue weighted by molar-refractivity contribution is 7.90. The molecule has 0 spiro atoms. The number of carbonyl (C=O) groups excluding carboxylic acids is 1. The second kappa shape index (κ2) is 7.97. The van der Waals surface area contributed by atoms with E-state index in [0.717, 1.165) is 12.0 Å². The Kier molecular flexibility index (Phi) is 5.98. The van der Waals surface area contributed by atoms with Crippen LogP contribution in [0, 0.1) is 0 Å². The summed E-state index contributed by atoms with van der Waals surface area (Å²) in [6, 6.07) is 14.1. The van der Waals surface area contributed by atoms with Crippen LogP contribution in [0.15, 0.2) is 53.4 Å². The second-order valence-corrected chi connectivity index (χ2v) is 7.56. The van der Waals surface area contributed by atoms with Crippen LogP contribution in [-0.4, -0.2) is 27.1 Å². The molecule has 5 nitrogen and oxygen atoms in total. The zero-order chi connectivity index (χ0) is 17.6. The molecule has 0 fully saturated rings. The molecule has 0 aliphatic rings. The van der Waals surface area contributed by atoms with Crippen molar-refractivity contribution in [2.75, 3.05) is 18.1 Å². The first-order valence-corrected chi connectivity index (χ1v) is 9.71. The quantitative estimate of drug-likeness (QED) is 0.808. The Balaban J connectivity index is 2.05. The summed E-state index contributed by atoms with van der Waals surface area (Å²) in [5, 5.41) is 5.97. The average Bonchev–Trinajstić information content (AvgIpc) is 2.57. The third-order valence-corrected chi connectivity index (χ3v) is 4.68. The highest BCUT2D eigenvalue weighted by atomic mass is 32.2. The summed E-state index contributed by atoms with van der Waals surface area (Å²) in [6.07, 6.45) is 2.09. The predicted octanol–water partition coefficient (Wildman–Crippen LogP) is 2.84. The van der Waals surface area contributed by atoms with Gasteiger partial charge in [-0.2, -0.15) is 0 Å². The van der Waals surface area contributed by atoms with Gasteiger partial charge in [-0.05, 0) is 36.2 Å². The van der Waals surface area contributed by atoms with Crippen LogP contribution >= 0.6 is 0 Å². The van der Waals surface area contributed by atoms with E-state index in [1.54, 1.807) is 36.4 Å². The molecular formula is C18H22N2O3S. The Morgan fingerprint density at radius 3 is 2.33 bits per heavy atom. The van der Waals surface area contributed by atoms with E-state index in [1.165, 1.54) is 6.26 Å². The van der Waals surface area contributed by atoms with E-state index in [9.17, 15) is 13.2 Å². The number of rotatable bonds is 7. The van der Waals surface area contributed by atoms with Crippen LogP contribution < -0.4 is 10.6 Å². The monoisotopic (exact) mass is 346 g/mol. The van der Waals surface area contributed by atoms with Gasteiger partial charge in [0, 0.05) is 24.9 Å². The lowest BCUT2D eigenvalue weighted by molar-refractivity contribution is 0.0953. The zero-order valence-electron chi connectivity index (χ0n) is 13.9. The van der Waals surface area contributed by atoms with E-state index in [1.807, 2.05) is 19.1 Å². The molecule has 128 valence electrons. The van der Waals surface area contributed by atoms with Crippen LogP contribution in [0.2, 0.25) is 0 Å². The summed E-state index contributed by atoms with van der Waals surface area (Å²) in [4.78, 5) is 12.1. The Labute approximate surface area is 143 Å². The SMILES string of the molecule is CCCNC(=O)c1ccc(CNc2ccccc2S(C)(=O)=O)cc1. The fraction of sp³-hybridized carbons (Fsp3) is 0.278. The van der Waals surface area contributed by atoms with Gasteiger partial charge in [0.1, 0.15) is 0 Å². The smallest absolute Gasteiger partial charge is 0.251 e. The van der Waals surface area contributed by atoms with Crippen molar-refractivity contribution in [2.24, 2.45) is 0 Å². The van der Waals surface area contributed by atoms with Crippen LogP contribution in [0.25, 0.3) is 0 Å². The Hall–Kier alpha value is -2.34. The number of anilines is 1. The summed E-state index contributed by atoms with van der Waals surface area (Å²) in [5.74, 6) is -0.0845. The van der Waals surface area contributed by atoms with Crippen molar-refractivity contribution in [3.63, 3.8) is 0 Å². The molecule has 2 aromatic carbocycles. The number of benzene rings is 2.